The van der Waals surface area contributed by atoms with Crippen LogP contribution in [0.3, 0.4) is 0 Å². The lowest BCUT2D eigenvalue weighted by Crippen LogP contribution is -2.25. The molecule has 0 fully saturated rings. The Morgan fingerprint density at radius 2 is 1.94 bits per heavy atom. The Morgan fingerprint density at radius 1 is 1.15 bits per heavy atom. The fraction of sp³-hybridized carbons (Fsp3) is 0.125. The first kappa shape index (κ1) is 23.6. The quantitative estimate of drug-likeness (QED) is 0.319. The van der Waals surface area contributed by atoms with Gasteiger partial charge in [-0.05, 0) is 48.0 Å². The number of benzene rings is 2. The van der Waals surface area contributed by atoms with Crippen LogP contribution in [0.5, 0.6) is 5.75 Å². The molecule has 8 nitrogen and oxygen atoms in total. The van der Waals surface area contributed by atoms with Crippen molar-refractivity contribution in [2.75, 3.05) is 5.32 Å². The highest BCUT2D eigenvalue weighted by Gasteiger charge is 2.19. The third kappa shape index (κ3) is 5.86. The number of nitrogens with zero attached hydrogens (tertiary/aromatic N) is 2. The molecule has 0 saturated heterocycles. The van der Waals surface area contributed by atoms with Gasteiger partial charge in [0.2, 0.25) is 0 Å². The highest BCUT2D eigenvalue weighted by molar-refractivity contribution is 9.10. The number of amides is 2. The Balaban J connectivity index is 1.37. The molecule has 0 unspecified atom stereocenters. The second kappa shape index (κ2) is 10.6. The minimum atomic E-state index is -0.425. The lowest BCUT2D eigenvalue weighted by atomic mass is 10.1. The van der Waals surface area contributed by atoms with Gasteiger partial charge >= 0.3 is 0 Å². The predicted octanol–water partition coefficient (Wildman–Crippen LogP) is 5.19. The van der Waals surface area contributed by atoms with Crippen LogP contribution in [0.1, 0.15) is 32.2 Å². The van der Waals surface area contributed by atoms with Gasteiger partial charge in [0.25, 0.3) is 11.8 Å². The lowest BCUT2D eigenvalue weighted by molar-refractivity contribution is 0.0943. The summed E-state index contributed by atoms with van der Waals surface area (Å²) in [6, 6.07) is 15.8. The maximum absolute atomic E-state index is 12.8. The number of ether oxygens (including phenoxy) is 1. The largest absolute Gasteiger partial charge is 0.487 e. The summed E-state index contributed by atoms with van der Waals surface area (Å²) < 4.78 is 13.3. The first-order valence-electron chi connectivity index (χ1n) is 10.2. The van der Waals surface area contributed by atoms with Crippen molar-refractivity contribution in [3.05, 3.63) is 99.1 Å². The van der Waals surface area contributed by atoms with Gasteiger partial charge in [-0.25, -0.2) is 0 Å². The second-order valence-electron chi connectivity index (χ2n) is 7.34. The molecule has 0 aliphatic rings. The van der Waals surface area contributed by atoms with Crippen LogP contribution in [0.2, 0.25) is 5.02 Å². The zero-order valence-corrected chi connectivity index (χ0v) is 20.4. The van der Waals surface area contributed by atoms with Crippen LogP contribution in [-0.2, 0) is 20.2 Å². The number of hydrogen-bond acceptors (Lipinski definition) is 5. The van der Waals surface area contributed by atoms with E-state index in [1.165, 1.54) is 10.9 Å². The van der Waals surface area contributed by atoms with Crippen LogP contribution in [0, 0.1) is 0 Å². The van der Waals surface area contributed by atoms with E-state index in [2.05, 4.69) is 31.7 Å². The third-order valence-electron chi connectivity index (χ3n) is 4.80. The van der Waals surface area contributed by atoms with E-state index in [4.69, 9.17) is 20.8 Å². The molecular weight excluding hydrogens is 524 g/mol. The molecule has 10 heteroatoms. The molecule has 4 rings (SSSR count). The maximum Gasteiger partial charge on any atom is 0.274 e. The van der Waals surface area contributed by atoms with E-state index >= 15 is 0 Å². The first-order chi connectivity index (χ1) is 16.4. The van der Waals surface area contributed by atoms with Gasteiger partial charge in [-0.15, -0.1) is 0 Å². The molecule has 4 aromatic rings. The first-order valence-corrected chi connectivity index (χ1v) is 11.4. The number of carbonyl (C=O) groups is 2. The van der Waals surface area contributed by atoms with Gasteiger partial charge in [-0.3, -0.25) is 14.3 Å². The molecule has 174 valence electrons. The Kier molecular flexibility index (Phi) is 7.34. The summed E-state index contributed by atoms with van der Waals surface area (Å²) in [6.07, 6.45) is 3.10. The third-order valence-corrected chi connectivity index (χ3v) is 5.59. The van der Waals surface area contributed by atoms with Crippen LogP contribution in [-0.4, -0.2) is 21.6 Å². The van der Waals surface area contributed by atoms with Gasteiger partial charge in [0.1, 0.15) is 18.1 Å². The molecule has 2 aromatic carbocycles. The molecule has 0 bridgehead atoms. The van der Waals surface area contributed by atoms with Crippen molar-refractivity contribution in [2.45, 2.75) is 13.2 Å². The van der Waals surface area contributed by atoms with Gasteiger partial charge in [0.05, 0.1) is 23.5 Å². The number of hydrogen-bond donors (Lipinski definition) is 2. The molecule has 0 atom stereocenters. The van der Waals surface area contributed by atoms with E-state index in [0.29, 0.717) is 34.4 Å². The number of anilines is 1. The number of aromatic nitrogens is 2. The molecule has 2 amide bonds. The van der Waals surface area contributed by atoms with Gasteiger partial charge in [-0.1, -0.05) is 39.7 Å². The summed E-state index contributed by atoms with van der Waals surface area (Å²) in [5, 5.41) is 10.1. The summed E-state index contributed by atoms with van der Waals surface area (Å²) in [5.41, 5.74) is 1.71. The maximum atomic E-state index is 12.8. The van der Waals surface area contributed by atoms with Gasteiger partial charge in [0, 0.05) is 23.3 Å². The number of rotatable bonds is 8. The van der Waals surface area contributed by atoms with Gasteiger partial charge in [-0.2, -0.15) is 5.10 Å². The van der Waals surface area contributed by atoms with Crippen LogP contribution >= 0.6 is 27.5 Å². The molecule has 34 heavy (non-hydrogen) atoms. The SMILES string of the molecule is Cn1cc(NC(=O)c2ccc(COc3ccc(Br)cc3Cl)cc2)c(C(=O)NCc2ccco2)n1. The Labute approximate surface area is 209 Å². The monoisotopic (exact) mass is 542 g/mol. The molecule has 0 spiro atoms. The van der Waals surface area contributed by atoms with Crippen LogP contribution < -0.4 is 15.4 Å². The molecule has 0 aliphatic heterocycles. The Morgan fingerprint density at radius 3 is 2.65 bits per heavy atom. The van der Waals surface area contributed by atoms with Crippen LogP contribution in [0.15, 0.2) is 75.9 Å². The number of nitrogens with one attached hydrogen (secondary N) is 2. The van der Waals surface area contributed by atoms with Gasteiger partial charge < -0.3 is 19.8 Å². The van der Waals surface area contributed by atoms with Crippen molar-refractivity contribution in [2.24, 2.45) is 7.05 Å². The van der Waals surface area contributed by atoms with E-state index in [-0.39, 0.29) is 18.1 Å². The Hall–Kier alpha value is -3.56. The summed E-state index contributed by atoms with van der Waals surface area (Å²) >= 11 is 9.53. The average molecular weight is 544 g/mol. The number of aryl methyl sites for hydroxylation is 1. The Bertz CT molecular complexity index is 1300. The predicted molar refractivity (Wildman–Crippen MR) is 131 cm³/mol. The van der Waals surface area contributed by atoms with Crippen molar-refractivity contribution in [3.63, 3.8) is 0 Å². The topological polar surface area (TPSA) is 98.4 Å². The lowest BCUT2D eigenvalue weighted by Gasteiger charge is -2.09. The molecule has 2 aromatic heterocycles. The summed E-state index contributed by atoms with van der Waals surface area (Å²) in [4.78, 5) is 25.3. The standard InChI is InChI=1S/C24H20BrClN4O4/c1-30-13-20(22(29-30)24(32)27-12-18-3-2-10-33-18)28-23(31)16-6-4-15(5-7-16)14-34-21-9-8-17(25)11-19(21)26/h2-11,13H,12,14H2,1H3,(H,27,32)(H,28,31). The van der Waals surface area contributed by atoms with Gasteiger partial charge in [0.15, 0.2) is 5.69 Å². The van der Waals surface area contributed by atoms with Crippen molar-refractivity contribution < 1.29 is 18.7 Å². The smallest absolute Gasteiger partial charge is 0.274 e. The van der Waals surface area contributed by atoms with Crippen molar-refractivity contribution in [3.8, 4) is 5.75 Å². The number of carbonyl (C=O) groups excluding carboxylic acids is 2. The highest BCUT2D eigenvalue weighted by Crippen LogP contribution is 2.28. The second-order valence-corrected chi connectivity index (χ2v) is 8.66. The normalized spacial score (nSPS) is 10.7. The fourth-order valence-electron chi connectivity index (χ4n) is 3.11. The minimum Gasteiger partial charge on any atom is -0.487 e. The van der Waals surface area contributed by atoms with E-state index in [0.717, 1.165) is 10.0 Å². The van der Waals surface area contributed by atoms with Crippen LogP contribution in [0.4, 0.5) is 5.69 Å². The number of halogens is 2. The number of furan rings is 1. The molecule has 0 radical (unpaired) electrons. The molecule has 0 aliphatic carbocycles. The molecule has 0 saturated carbocycles. The zero-order valence-electron chi connectivity index (χ0n) is 18.0. The fourth-order valence-corrected chi connectivity index (χ4v) is 3.84. The minimum absolute atomic E-state index is 0.110. The van der Waals surface area contributed by atoms with Crippen molar-refractivity contribution >= 4 is 45.0 Å². The van der Waals surface area contributed by atoms with Crippen molar-refractivity contribution in [1.29, 1.82) is 0 Å². The summed E-state index contributed by atoms with van der Waals surface area (Å²) in [7, 11) is 1.67. The molecular formula is C24H20BrClN4O4. The van der Waals surface area contributed by atoms with Crippen molar-refractivity contribution in [1.82, 2.24) is 15.1 Å². The van der Waals surface area contributed by atoms with E-state index < -0.39 is 5.91 Å². The highest BCUT2D eigenvalue weighted by atomic mass is 79.9. The van der Waals surface area contributed by atoms with Crippen LogP contribution in [0.25, 0.3) is 0 Å². The van der Waals surface area contributed by atoms with E-state index in [1.54, 1.807) is 61.8 Å². The molecule has 2 N–H and O–H groups in total. The van der Waals surface area contributed by atoms with E-state index in [1.807, 2.05) is 6.07 Å². The molecule has 2 heterocycles. The average Bonchev–Trinajstić information content (AvgIpc) is 3.47. The zero-order chi connectivity index (χ0) is 24.1. The summed E-state index contributed by atoms with van der Waals surface area (Å²) in [6.45, 7) is 0.511. The van der Waals surface area contributed by atoms with E-state index in [9.17, 15) is 9.59 Å². The summed E-state index contributed by atoms with van der Waals surface area (Å²) in [5.74, 6) is 0.394.